The molecule has 0 aromatic rings. The van der Waals surface area contributed by atoms with E-state index in [1.807, 2.05) is 0 Å². The van der Waals surface area contributed by atoms with E-state index in [0.717, 1.165) is 6.26 Å². The lowest BCUT2D eigenvalue weighted by Gasteiger charge is -2.42. The van der Waals surface area contributed by atoms with Crippen LogP contribution in [0.25, 0.3) is 0 Å². The van der Waals surface area contributed by atoms with Crippen LogP contribution < -0.4 is 0 Å². The van der Waals surface area contributed by atoms with E-state index in [-0.39, 0.29) is 20.0 Å². The minimum Gasteiger partial charge on any atom is -0.506 e. The molecule has 8 atom stereocenters. The van der Waals surface area contributed by atoms with Gasteiger partial charge in [-0.2, -0.15) is 0 Å². The van der Waals surface area contributed by atoms with Gasteiger partial charge in [0.2, 0.25) is 6.29 Å². The van der Waals surface area contributed by atoms with Crippen LogP contribution in [0.3, 0.4) is 0 Å². The lowest BCUT2D eigenvalue weighted by Crippen LogP contribution is -2.58. The van der Waals surface area contributed by atoms with E-state index in [4.69, 9.17) is 24.1 Å². The Kier molecular flexibility index (Phi) is 8.62. The van der Waals surface area contributed by atoms with Crippen LogP contribution in [0.1, 0.15) is 0 Å². The highest BCUT2D eigenvalue weighted by molar-refractivity contribution is 5.02. The van der Waals surface area contributed by atoms with Gasteiger partial charge in [-0.3, -0.25) is 0 Å². The summed E-state index contributed by atoms with van der Waals surface area (Å²) in [6.45, 7) is -1.73. The Morgan fingerprint density at radius 2 is 1.67 bits per heavy atom. The molecule has 2 aliphatic heterocycles. The van der Waals surface area contributed by atoms with Crippen molar-refractivity contribution in [3.8, 4) is 0 Å². The Morgan fingerprint density at radius 1 is 0.926 bits per heavy atom. The third kappa shape index (κ3) is 5.48. The monoisotopic (exact) mass is 398 g/mol. The molecule has 0 amide bonds. The average molecular weight is 398 g/mol. The zero-order valence-electron chi connectivity index (χ0n) is 14.4. The van der Waals surface area contributed by atoms with E-state index in [9.17, 15) is 30.6 Å². The molecule has 1 saturated heterocycles. The van der Waals surface area contributed by atoms with Crippen molar-refractivity contribution in [2.24, 2.45) is 5.92 Å². The summed E-state index contributed by atoms with van der Waals surface area (Å²) < 4.78 is 25.7. The molecule has 27 heavy (non-hydrogen) atoms. The fourth-order valence-corrected chi connectivity index (χ4v) is 2.84. The average Bonchev–Trinajstić information content (AvgIpc) is 2.66. The van der Waals surface area contributed by atoms with Gasteiger partial charge in [-0.05, 0) is 0 Å². The van der Waals surface area contributed by atoms with Crippen molar-refractivity contribution in [1.82, 2.24) is 0 Å². The van der Waals surface area contributed by atoms with Crippen molar-refractivity contribution < 1.29 is 59.4 Å². The van der Waals surface area contributed by atoms with Gasteiger partial charge in [0.05, 0.1) is 32.0 Å². The number of aliphatic hydroxyl groups is 7. The Bertz CT molecular complexity index is 474. The first-order valence-corrected chi connectivity index (χ1v) is 8.31. The van der Waals surface area contributed by atoms with Gasteiger partial charge < -0.3 is 59.4 Å². The van der Waals surface area contributed by atoms with E-state index < -0.39 is 68.0 Å². The van der Waals surface area contributed by atoms with Crippen LogP contribution in [-0.2, 0) is 23.7 Å². The smallest absolute Gasteiger partial charge is 0.228 e. The van der Waals surface area contributed by atoms with Crippen molar-refractivity contribution in [3.63, 3.8) is 0 Å². The van der Waals surface area contributed by atoms with Gasteiger partial charge in [-0.25, -0.2) is 0 Å². The van der Waals surface area contributed by atoms with Crippen molar-refractivity contribution in [1.29, 1.82) is 0 Å². The molecule has 2 aliphatic rings. The van der Waals surface area contributed by atoms with Gasteiger partial charge in [0.15, 0.2) is 5.76 Å². The summed E-state index contributed by atoms with van der Waals surface area (Å²) >= 11 is 0. The predicted octanol–water partition coefficient (Wildman–Crippen LogP) is -3.48. The van der Waals surface area contributed by atoms with Crippen LogP contribution >= 0.6 is 0 Å². The Hall–Kier alpha value is -1.06. The molecule has 0 aromatic heterocycles. The number of ether oxygens (including phenoxy) is 5. The standard InChI is InChI=1S/C15H26O12/c16-1-9-13(21)11(19)7(2-23-6-24-5-17)10(27-9)4-26-15-14(22)12(20)8(18)3-25-15/h3,7,9-22H,1-2,4-6H2/t7-,9?,10?,11?,12?,13?,14?,15?/m1/s1. The SMILES string of the molecule is OCOCOC[C@@H]1C(COC2OC=C(O)C(O)C2O)OC(CO)C(O)C1O. The van der Waals surface area contributed by atoms with Gasteiger partial charge in [0.25, 0.3) is 0 Å². The summed E-state index contributed by atoms with van der Waals surface area (Å²) in [6, 6.07) is 0. The first kappa shape index (κ1) is 22.2. The molecule has 0 bridgehead atoms. The molecule has 2 rings (SSSR count). The van der Waals surface area contributed by atoms with Crippen LogP contribution in [0, 0.1) is 5.92 Å². The molecule has 0 spiro atoms. The summed E-state index contributed by atoms with van der Waals surface area (Å²) in [5, 5.41) is 67.0. The van der Waals surface area contributed by atoms with Gasteiger partial charge in [-0.15, -0.1) is 0 Å². The number of rotatable bonds is 9. The summed E-state index contributed by atoms with van der Waals surface area (Å²) in [4.78, 5) is 0. The second-order valence-corrected chi connectivity index (χ2v) is 6.18. The highest BCUT2D eigenvalue weighted by atomic mass is 16.7. The van der Waals surface area contributed by atoms with E-state index >= 15 is 0 Å². The molecule has 2 heterocycles. The zero-order chi connectivity index (χ0) is 20.0. The molecule has 12 nitrogen and oxygen atoms in total. The van der Waals surface area contributed by atoms with Crippen LogP contribution in [0.5, 0.6) is 0 Å². The summed E-state index contributed by atoms with van der Waals surface area (Å²) in [6.07, 6.45) is -8.23. The Labute approximate surface area is 154 Å². The maximum absolute atomic E-state index is 10.3. The molecule has 1 fully saturated rings. The number of aliphatic hydroxyl groups excluding tert-OH is 7. The van der Waals surface area contributed by atoms with E-state index in [1.54, 1.807) is 0 Å². The van der Waals surface area contributed by atoms with Crippen molar-refractivity contribution in [3.05, 3.63) is 12.0 Å². The minimum atomic E-state index is -1.58. The maximum Gasteiger partial charge on any atom is 0.228 e. The topological polar surface area (TPSA) is 188 Å². The predicted molar refractivity (Wildman–Crippen MR) is 83.8 cm³/mol. The summed E-state index contributed by atoms with van der Waals surface area (Å²) in [7, 11) is 0. The van der Waals surface area contributed by atoms with Crippen LogP contribution in [0.15, 0.2) is 12.0 Å². The number of hydrogen-bond acceptors (Lipinski definition) is 12. The third-order valence-electron chi connectivity index (χ3n) is 4.40. The molecule has 0 saturated carbocycles. The number of hydrogen-bond donors (Lipinski definition) is 7. The third-order valence-corrected chi connectivity index (χ3v) is 4.40. The first-order chi connectivity index (χ1) is 12.9. The van der Waals surface area contributed by atoms with Gasteiger partial charge >= 0.3 is 0 Å². The van der Waals surface area contributed by atoms with E-state index in [2.05, 4.69) is 4.74 Å². The molecule has 0 radical (unpaired) electrons. The lowest BCUT2D eigenvalue weighted by atomic mass is 9.87. The molecule has 158 valence electrons. The van der Waals surface area contributed by atoms with Crippen molar-refractivity contribution in [2.45, 2.75) is 42.9 Å². The Balaban J connectivity index is 1.98. The fourth-order valence-electron chi connectivity index (χ4n) is 2.84. The lowest BCUT2D eigenvalue weighted by molar-refractivity contribution is -0.260. The van der Waals surface area contributed by atoms with Crippen LogP contribution in [0.4, 0.5) is 0 Å². The molecule has 0 aliphatic carbocycles. The van der Waals surface area contributed by atoms with Crippen LogP contribution in [0.2, 0.25) is 0 Å². The highest BCUT2D eigenvalue weighted by Crippen LogP contribution is 2.28. The summed E-state index contributed by atoms with van der Waals surface area (Å²) in [5.74, 6) is -1.34. The second-order valence-electron chi connectivity index (χ2n) is 6.18. The van der Waals surface area contributed by atoms with E-state index in [1.165, 1.54) is 0 Å². The largest absolute Gasteiger partial charge is 0.506 e. The van der Waals surface area contributed by atoms with E-state index in [0.29, 0.717) is 0 Å². The van der Waals surface area contributed by atoms with Gasteiger partial charge in [0.1, 0.15) is 44.3 Å². The molecule has 0 aromatic carbocycles. The normalized spacial score (nSPS) is 39.7. The summed E-state index contributed by atoms with van der Waals surface area (Å²) in [5.41, 5.74) is 0. The molecular formula is C15H26O12. The van der Waals surface area contributed by atoms with Crippen molar-refractivity contribution in [2.75, 3.05) is 33.4 Å². The molecular weight excluding hydrogens is 372 g/mol. The fraction of sp³-hybridized carbons (Fsp3) is 0.867. The first-order valence-electron chi connectivity index (χ1n) is 8.31. The van der Waals surface area contributed by atoms with Crippen LogP contribution in [-0.4, -0.2) is 112 Å². The maximum atomic E-state index is 10.3. The molecule has 7 unspecified atom stereocenters. The minimum absolute atomic E-state index is 0.123. The highest BCUT2D eigenvalue weighted by Gasteiger charge is 2.45. The zero-order valence-corrected chi connectivity index (χ0v) is 14.4. The second kappa shape index (κ2) is 10.5. The van der Waals surface area contributed by atoms with Crippen molar-refractivity contribution >= 4 is 0 Å². The molecule has 7 N–H and O–H groups in total. The van der Waals surface area contributed by atoms with Gasteiger partial charge in [-0.1, -0.05) is 0 Å². The quantitative estimate of drug-likeness (QED) is 0.150. The Morgan fingerprint density at radius 3 is 2.33 bits per heavy atom. The molecule has 12 heteroatoms. The van der Waals surface area contributed by atoms with Gasteiger partial charge in [0, 0.05) is 5.92 Å².